The van der Waals surface area contributed by atoms with Crippen molar-refractivity contribution in [3.05, 3.63) is 89.6 Å². The molecular formula is C27H26N4O3. The van der Waals surface area contributed by atoms with Crippen molar-refractivity contribution in [2.45, 2.75) is 31.6 Å². The van der Waals surface area contributed by atoms with Crippen molar-refractivity contribution >= 4 is 28.4 Å². The van der Waals surface area contributed by atoms with Crippen molar-refractivity contribution in [1.29, 1.82) is 0 Å². The molecule has 1 aliphatic rings. The molecule has 0 saturated heterocycles. The molecule has 0 radical (unpaired) electrons. The molecule has 5 rings (SSSR count). The summed E-state index contributed by atoms with van der Waals surface area (Å²) in [5.41, 5.74) is 4.32. The smallest absolute Gasteiger partial charge is 0.216 e. The number of ketones is 2. The molecule has 1 aliphatic carbocycles. The van der Waals surface area contributed by atoms with Crippen LogP contribution in [0.4, 0.5) is 0 Å². The third-order valence-corrected chi connectivity index (χ3v) is 6.70. The molecule has 1 amide bonds. The Kier molecular flexibility index (Phi) is 5.84. The van der Waals surface area contributed by atoms with Gasteiger partial charge < -0.3 is 15.3 Å². The highest BCUT2D eigenvalue weighted by molar-refractivity contribution is 6.13. The zero-order valence-corrected chi connectivity index (χ0v) is 18.9. The maximum Gasteiger partial charge on any atom is 0.216 e. The number of aromatic nitrogens is 3. The van der Waals surface area contributed by atoms with Crippen LogP contribution < -0.4 is 5.32 Å². The molecule has 172 valence electrons. The summed E-state index contributed by atoms with van der Waals surface area (Å²) in [6.45, 7) is 1.95. The predicted molar refractivity (Wildman–Crippen MR) is 128 cm³/mol. The van der Waals surface area contributed by atoms with Crippen molar-refractivity contribution in [2.24, 2.45) is 5.92 Å². The Bertz CT molecular complexity index is 1340. The number of hydrogen-bond acceptors (Lipinski definition) is 4. The van der Waals surface area contributed by atoms with E-state index < -0.39 is 17.8 Å². The van der Waals surface area contributed by atoms with Gasteiger partial charge in [-0.25, -0.2) is 4.98 Å². The number of nitrogens with zero attached hydrogens (tertiary/aromatic N) is 1. The van der Waals surface area contributed by atoms with Crippen LogP contribution in [0.3, 0.4) is 0 Å². The number of imidazole rings is 1. The maximum absolute atomic E-state index is 13.7. The van der Waals surface area contributed by atoms with Crippen molar-refractivity contribution in [2.75, 3.05) is 6.54 Å². The molecule has 3 unspecified atom stereocenters. The number of para-hydroxylation sites is 1. The number of hydrogen-bond donors (Lipinski definition) is 3. The van der Waals surface area contributed by atoms with Gasteiger partial charge in [0.1, 0.15) is 5.78 Å². The van der Waals surface area contributed by atoms with E-state index in [0.29, 0.717) is 18.7 Å². The van der Waals surface area contributed by atoms with E-state index in [4.69, 9.17) is 0 Å². The van der Waals surface area contributed by atoms with Crippen LogP contribution in [-0.4, -0.2) is 39.0 Å². The van der Waals surface area contributed by atoms with Gasteiger partial charge in [-0.3, -0.25) is 14.4 Å². The molecule has 2 aromatic heterocycles. The largest absolute Gasteiger partial charge is 0.358 e. The van der Waals surface area contributed by atoms with E-state index >= 15 is 0 Å². The molecule has 7 heteroatoms. The highest BCUT2D eigenvalue weighted by Crippen LogP contribution is 2.44. The third kappa shape index (κ3) is 3.94. The fourth-order valence-electron chi connectivity index (χ4n) is 5.18. The number of Topliss-reactive ketones (excluding diaryl/α,β-unsaturated/α-hetero) is 2. The summed E-state index contributed by atoms with van der Waals surface area (Å²) in [6, 6.07) is 17.4. The van der Waals surface area contributed by atoms with E-state index in [-0.39, 0.29) is 23.9 Å². The molecule has 3 atom stereocenters. The molecule has 3 N–H and O–H groups in total. The van der Waals surface area contributed by atoms with E-state index in [1.165, 1.54) is 6.92 Å². The Hall–Kier alpha value is -4.00. The van der Waals surface area contributed by atoms with Crippen LogP contribution >= 0.6 is 0 Å². The predicted octanol–water partition coefficient (Wildman–Crippen LogP) is 3.64. The quantitative estimate of drug-likeness (QED) is 0.371. The SMILES string of the molecule is CC(=O)NCCc1c(C(c2cnc[nH]2)C2C(=O)CC(c3ccccc3)C2=O)[nH]c2ccccc12. The van der Waals surface area contributed by atoms with Gasteiger partial charge in [0.05, 0.1) is 24.1 Å². The average molecular weight is 455 g/mol. The lowest BCUT2D eigenvalue weighted by Gasteiger charge is -2.22. The second kappa shape index (κ2) is 9.09. The molecule has 2 heterocycles. The maximum atomic E-state index is 13.7. The standard InChI is InChI=1S/C27H26N4O3/c1-16(32)29-12-11-19-18-9-5-6-10-21(18)31-26(19)24(22-14-28-15-30-22)25-23(33)13-20(27(25)34)17-7-3-2-4-8-17/h2-10,14-15,20,24-25,31H,11-13H2,1H3,(H,28,30)(H,29,32). The van der Waals surface area contributed by atoms with Crippen molar-refractivity contribution in [1.82, 2.24) is 20.3 Å². The lowest BCUT2D eigenvalue weighted by Crippen LogP contribution is -2.27. The summed E-state index contributed by atoms with van der Waals surface area (Å²) in [5.74, 6) is -2.02. The van der Waals surface area contributed by atoms with Crippen molar-refractivity contribution in [3.63, 3.8) is 0 Å². The fourth-order valence-corrected chi connectivity index (χ4v) is 5.18. The Morgan fingerprint density at radius 2 is 1.88 bits per heavy atom. The molecule has 2 aromatic carbocycles. The Morgan fingerprint density at radius 1 is 1.12 bits per heavy atom. The lowest BCUT2D eigenvalue weighted by molar-refractivity contribution is -0.128. The molecule has 7 nitrogen and oxygen atoms in total. The minimum absolute atomic E-state index is 0.0649. The van der Waals surface area contributed by atoms with Crippen LogP contribution in [-0.2, 0) is 20.8 Å². The highest BCUT2D eigenvalue weighted by atomic mass is 16.2. The zero-order chi connectivity index (χ0) is 23.7. The van der Waals surface area contributed by atoms with Gasteiger partial charge in [-0.1, -0.05) is 48.5 Å². The molecule has 0 aliphatic heterocycles. The number of carbonyl (C=O) groups excluding carboxylic acids is 3. The lowest BCUT2D eigenvalue weighted by atomic mass is 9.81. The number of nitrogens with one attached hydrogen (secondary N) is 3. The van der Waals surface area contributed by atoms with Crippen LogP contribution in [0.5, 0.6) is 0 Å². The molecule has 4 aromatic rings. The summed E-state index contributed by atoms with van der Waals surface area (Å²) in [4.78, 5) is 49.4. The summed E-state index contributed by atoms with van der Waals surface area (Å²) < 4.78 is 0. The monoisotopic (exact) mass is 454 g/mol. The number of benzene rings is 2. The van der Waals surface area contributed by atoms with Crippen LogP contribution in [0.25, 0.3) is 10.9 Å². The second-order valence-electron chi connectivity index (χ2n) is 8.79. The van der Waals surface area contributed by atoms with E-state index in [1.54, 1.807) is 12.5 Å². The minimum Gasteiger partial charge on any atom is -0.358 e. The molecule has 34 heavy (non-hydrogen) atoms. The first-order chi connectivity index (χ1) is 16.5. The number of aromatic amines is 2. The zero-order valence-electron chi connectivity index (χ0n) is 18.9. The van der Waals surface area contributed by atoms with Crippen LogP contribution in [0, 0.1) is 5.92 Å². The fraction of sp³-hybridized carbons (Fsp3) is 0.259. The highest BCUT2D eigenvalue weighted by Gasteiger charge is 2.48. The summed E-state index contributed by atoms with van der Waals surface area (Å²) in [6.07, 6.45) is 4.02. The van der Waals surface area contributed by atoms with Crippen LogP contribution in [0.1, 0.15) is 47.7 Å². The Balaban J connectivity index is 1.61. The first kappa shape index (κ1) is 21.8. The molecule has 0 bridgehead atoms. The van der Waals surface area contributed by atoms with Crippen molar-refractivity contribution in [3.8, 4) is 0 Å². The number of carbonyl (C=O) groups is 3. The first-order valence-electron chi connectivity index (χ1n) is 11.5. The number of rotatable bonds is 7. The molecule has 0 spiro atoms. The number of fused-ring (bicyclic) bond motifs is 1. The summed E-state index contributed by atoms with van der Waals surface area (Å²) >= 11 is 0. The van der Waals surface area contributed by atoms with Gasteiger partial charge in [0.2, 0.25) is 5.91 Å². The van der Waals surface area contributed by atoms with Crippen molar-refractivity contribution < 1.29 is 14.4 Å². The molecular weight excluding hydrogens is 428 g/mol. The van der Waals surface area contributed by atoms with Crippen LogP contribution in [0.15, 0.2) is 67.1 Å². The van der Waals surface area contributed by atoms with Gasteiger partial charge in [-0.05, 0) is 23.6 Å². The number of amides is 1. The van der Waals surface area contributed by atoms with E-state index in [1.807, 2.05) is 54.6 Å². The topological polar surface area (TPSA) is 108 Å². The molecule has 1 fully saturated rings. The van der Waals surface area contributed by atoms with Crippen LogP contribution in [0.2, 0.25) is 0 Å². The Labute approximate surface area is 197 Å². The minimum atomic E-state index is -0.821. The van der Waals surface area contributed by atoms with E-state index in [2.05, 4.69) is 20.3 Å². The third-order valence-electron chi connectivity index (χ3n) is 6.70. The van der Waals surface area contributed by atoms with Gasteiger partial charge in [0.25, 0.3) is 0 Å². The van der Waals surface area contributed by atoms with Gasteiger partial charge in [0.15, 0.2) is 5.78 Å². The summed E-state index contributed by atoms with van der Waals surface area (Å²) in [7, 11) is 0. The summed E-state index contributed by atoms with van der Waals surface area (Å²) in [5, 5.41) is 3.88. The van der Waals surface area contributed by atoms with E-state index in [0.717, 1.165) is 27.7 Å². The normalized spacial score (nSPS) is 19.0. The average Bonchev–Trinajstić information content (AvgIpc) is 3.55. The first-order valence-corrected chi connectivity index (χ1v) is 11.5. The second-order valence-corrected chi connectivity index (χ2v) is 8.79. The van der Waals surface area contributed by atoms with Gasteiger partial charge >= 0.3 is 0 Å². The number of H-pyrrole nitrogens is 2. The van der Waals surface area contributed by atoms with Gasteiger partial charge in [0, 0.05) is 48.4 Å². The van der Waals surface area contributed by atoms with Gasteiger partial charge in [-0.15, -0.1) is 0 Å². The van der Waals surface area contributed by atoms with Gasteiger partial charge in [-0.2, -0.15) is 0 Å². The molecule has 1 saturated carbocycles. The Morgan fingerprint density at radius 3 is 2.62 bits per heavy atom. The van der Waals surface area contributed by atoms with E-state index in [9.17, 15) is 14.4 Å².